The van der Waals surface area contributed by atoms with E-state index in [0.717, 1.165) is 45.6 Å². The highest BCUT2D eigenvalue weighted by molar-refractivity contribution is 5.77. The summed E-state index contributed by atoms with van der Waals surface area (Å²) >= 11 is 0. The Balaban J connectivity index is 1.67. The smallest absolute Gasteiger partial charge is 0.410 e. The van der Waals surface area contributed by atoms with Crippen LogP contribution in [-0.4, -0.2) is 72.8 Å². The summed E-state index contributed by atoms with van der Waals surface area (Å²) in [6.45, 7) is 13.2. The molecule has 7 nitrogen and oxygen atoms in total. The van der Waals surface area contributed by atoms with E-state index in [-0.39, 0.29) is 6.09 Å². The molecule has 0 spiro atoms. The van der Waals surface area contributed by atoms with E-state index < -0.39 is 5.60 Å². The largest absolute Gasteiger partial charge is 0.444 e. The van der Waals surface area contributed by atoms with Crippen molar-refractivity contribution in [3.05, 3.63) is 0 Å². The van der Waals surface area contributed by atoms with E-state index in [4.69, 9.17) is 10.5 Å². The van der Waals surface area contributed by atoms with Crippen molar-refractivity contribution in [2.45, 2.75) is 65.0 Å². The van der Waals surface area contributed by atoms with Crippen LogP contribution in [-0.2, 0) is 4.74 Å². The van der Waals surface area contributed by atoms with Gasteiger partial charge in [-0.05, 0) is 65.5 Å². The Morgan fingerprint density at radius 3 is 2.54 bits per heavy atom. The molecule has 0 radical (unpaired) electrons. The number of nitrogens with two attached hydrogens (primary N) is 1. The number of hydrogen-bond donors (Lipinski definition) is 2. The molecule has 2 fully saturated rings. The number of hydrogen-bond acceptors (Lipinski definition) is 4. The molecule has 1 amide bonds. The molecular formula is C19H37N5O2. The fourth-order valence-electron chi connectivity index (χ4n) is 3.67. The number of rotatable bonds is 5. The SMILES string of the molecule is CCN1CCCC1CNC(N)=NCC1CCN(C(=O)OC(C)(C)C)CC1. The second kappa shape index (κ2) is 9.44. The summed E-state index contributed by atoms with van der Waals surface area (Å²) in [4.78, 5) is 20.9. The van der Waals surface area contributed by atoms with Gasteiger partial charge in [0, 0.05) is 32.2 Å². The maximum Gasteiger partial charge on any atom is 0.410 e. The molecule has 0 aromatic rings. The number of nitrogens with zero attached hydrogens (tertiary/aromatic N) is 3. The number of ether oxygens (including phenoxy) is 1. The molecule has 1 unspecified atom stereocenters. The van der Waals surface area contributed by atoms with Gasteiger partial charge in [-0.1, -0.05) is 6.92 Å². The first-order valence-electron chi connectivity index (χ1n) is 10.0. The molecule has 3 N–H and O–H groups in total. The Kier molecular flexibility index (Phi) is 7.55. The van der Waals surface area contributed by atoms with Gasteiger partial charge in [-0.15, -0.1) is 0 Å². The Labute approximate surface area is 158 Å². The lowest BCUT2D eigenvalue weighted by atomic mass is 9.97. The molecule has 2 aliphatic heterocycles. The maximum absolute atomic E-state index is 12.1. The zero-order valence-corrected chi connectivity index (χ0v) is 17.0. The fraction of sp³-hybridized carbons (Fsp3) is 0.895. The number of carbonyl (C=O) groups is 1. The number of amides is 1. The van der Waals surface area contributed by atoms with E-state index in [2.05, 4.69) is 22.1 Å². The summed E-state index contributed by atoms with van der Waals surface area (Å²) in [6.07, 6.45) is 4.19. The molecule has 7 heteroatoms. The molecule has 26 heavy (non-hydrogen) atoms. The normalized spacial score (nSPS) is 23.3. The van der Waals surface area contributed by atoms with E-state index in [1.54, 1.807) is 4.90 Å². The Hall–Kier alpha value is -1.50. The van der Waals surface area contributed by atoms with Crippen molar-refractivity contribution in [1.29, 1.82) is 0 Å². The van der Waals surface area contributed by atoms with Gasteiger partial charge in [-0.25, -0.2) is 4.79 Å². The predicted molar refractivity (Wildman–Crippen MR) is 105 cm³/mol. The monoisotopic (exact) mass is 367 g/mol. The van der Waals surface area contributed by atoms with Gasteiger partial charge in [0.25, 0.3) is 0 Å². The summed E-state index contributed by atoms with van der Waals surface area (Å²) in [6, 6.07) is 0.575. The molecule has 0 aliphatic carbocycles. The van der Waals surface area contributed by atoms with Gasteiger partial charge >= 0.3 is 6.09 Å². The van der Waals surface area contributed by atoms with Crippen LogP contribution in [0.4, 0.5) is 4.79 Å². The lowest BCUT2D eigenvalue weighted by Crippen LogP contribution is -2.43. The number of guanidine groups is 1. The van der Waals surface area contributed by atoms with Crippen LogP contribution < -0.4 is 11.1 Å². The second-order valence-corrected chi connectivity index (χ2v) is 8.44. The first-order valence-corrected chi connectivity index (χ1v) is 10.0. The molecule has 2 aliphatic rings. The summed E-state index contributed by atoms with van der Waals surface area (Å²) in [5.74, 6) is 1.02. The molecule has 2 saturated heterocycles. The number of nitrogens with one attached hydrogen (secondary N) is 1. The molecule has 2 heterocycles. The quantitative estimate of drug-likeness (QED) is 0.574. The van der Waals surface area contributed by atoms with E-state index in [0.29, 0.717) is 17.9 Å². The third-order valence-electron chi connectivity index (χ3n) is 5.21. The molecule has 0 aromatic heterocycles. The first-order chi connectivity index (χ1) is 12.3. The van der Waals surface area contributed by atoms with Crippen molar-refractivity contribution in [3.8, 4) is 0 Å². The van der Waals surface area contributed by atoms with Gasteiger partial charge in [0.05, 0.1) is 0 Å². The minimum Gasteiger partial charge on any atom is -0.444 e. The van der Waals surface area contributed by atoms with Crippen LogP contribution >= 0.6 is 0 Å². The molecular weight excluding hydrogens is 330 g/mol. The van der Waals surface area contributed by atoms with Gasteiger partial charge in [-0.2, -0.15) is 0 Å². The fourth-order valence-corrected chi connectivity index (χ4v) is 3.67. The van der Waals surface area contributed by atoms with E-state index in [1.165, 1.54) is 19.4 Å². The zero-order valence-electron chi connectivity index (χ0n) is 17.0. The molecule has 2 rings (SSSR count). The zero-order chi connectivity index (χ0) is 19.2. The maximum atomic E-state index is 12.1. The lowest BCUT2D eigenvalue weighted by molar-refractivity contribution is 0.0187. The molecule has 0 aromatic carbocycles. The summed E-state index contributed by atoms with van der Waals surface area (Å²) in [7, 11) is 0. The summed E-state index contributed by atoms with van der Waals surface area (Å²) < 4.78 is 5.43. The number of piperidine rings is 1. The molecule has 0 saturated carbocycles. The van der Waals surface area contributed by atoms with Gasteiger partial charge < -0.3 is 20.7 Å². The minimum atomic E-state index is -0.439. The number of likely N-dealkylation sites (N-methyl/N-ethyl adjacent to an activating group) is 1. The van der Waals surface area contributed by atoms with Crippen molar-refractivity contribution < 1.29 is 9.53 Å². The Bertz CT molecular complexity index is 481. The van der Waals surface area contributed by atoms with Gasteiger partial charge in [-0.3, -0.25) is 9.89 Å². The van der Waals surface area contributed by atoms with Gasteiger partial charge in [0.1, 0.15) is 5.60 Å². The number of aliphatic imine (C=N–C) groups is 1. The Morgan fingerprint density at radius 2 is 1.92 bits per heavy atom. The van der Waals surface area contributed by atoms with Crippen LogP contribution in [0.5, 0.6) is 0 Å². The topological polar surface area (TPSA) is 83.2 Å². The van der Waals surface area contributed by atoms with E-state index in [9.17, 15) is 4.79 Å². The third kappa shape index (κ3) is 6.67. The number of likely N-dealkylation sites (tertiary alicyclic amines) is 2. The average molecular weight is 368 g/mol. The molecule has 0 bridgehead atoms. The standard InChI is InChI=1S/C19H37N5O2/c1-5-23-10-6-7-16(23)14-22-17(20)21-13-15-8-11-24(12-9-15)18(25)26-19(2,3)4/h15-16H,5-14H2,1-4H3,(H3,20,21,22). The highest BCUT2D eigenvalue weighted by Crippen LogP contribution is 2.20. The summed E-state index contributed by atoms with van der Waals surface area (Å²) in [5.41, 5.74) is 5.60. The van der Waals surface area contributed by atoms with Crippen LogP contribution in [0.3, 0.4) is 0 Å². The van der Waals surface area contributed by atoms with Crippen LogP contribution in [0.2, 0.25) is 0 Å². The van der Waals surface area contributed by atoms with Crippen molar-refractivity contribution in [2.24, 2.45) is 16.6 Å². The second-order valence-electron chi connectivity index (χ2n) is 8.44. The molecule has 150 valence electrons. The third-order valence-corrected chi connectivity index (χ3v) is 5.21. The van der Waals surface area contributed by atoms with Gasteiger partial charge in [0.2, 0.25) is 0 Å². The lowest BCUT2D eigenvalue weighted by Gasteiger charge is -2.33. The van der Waals surface area contributed by atoms with E-state index in [1.807, 2.05) is 20.8 Å². The highest BCUT2D eigenvalue weighted by Gasteiger charge is 2.27. The van der Waals surface area contributed by atoms with Crippen LogP contribution in [0.1, 0.15) is 53.4 Å². The Morgan fingerprint density at radius 1 is 1.23 bits per heavy atom. The predicted octanol–water partition coefficient (Wildman–Crippen LogP) is 2.02. The minimum absolute atomic E-state index is 0.210. The van der Waals surface area contributed by atoms with Gasteiger partial charge in [0.15, 0.2) is 5.96 Å². The van der Waals surface area contributed by atoms with Crippen LogP contribution in [0.15, 0.2) is 4.99 Å². The highest BCUT2D eigenvalue weighted by atomic mass is 16.6. The first kappa shape index (κ1) is 20.8. The van der Waals surface area contributed by atoms with Crippen molar-refractivity contribution in [1.82, 2.24) is 15.1 Å². The van der Waals surface area contributed by atoms with Crippen LogP contribution in [0, 0.1) is 5.92 Å². The molecule has 1 atom stereocenters. The number of carbonyl (C=O) groups excluding carboxylic acids is 1. The summed E-state index contributed by atoms with van der Waals surface area (Å²) in [5, 5.41) is 3.28. The van der Waals surface area contributed by atoms with Crippen LogP contribution in [0.25, 0.3) is 0 Å². The van der Waals surface area contributed by atoms with Crippen molar-refractivity contribution >= 4 is 12.1 Å². The average Bonchev–Trinajstić information content (AvgIpc) is 3.04. The van der Waals surface area contributed by atoms with Crippen molar-refractivity contribution in [3.63, 3.8) is 0 Å². The van der Waals surface area contributed by atoms with Crippen molar-refractivity contribution in [2.75, 3.05) is 39.3 Å². The van der Waals surface area contributed by atoms with E-state index >= 15 is 0 Å².